The Morgan fingerprint density at radius 1 is 1.21 bits per heavy atom. The number of hydrogen-bond donors (Lipinski definition) is 0. The predicted molar refractivity (Wildman–Crippen MR) is 124 cm³/mol. The van der Waals surface area contributed by atoms with Crippen LogP contribution in [0.4, 0.5) is 9.52 Å². The number of hydrogen-bond acceptors (Lipinski definition) is 8. The van der Waals surface area contributed by atoms with Crippen LogP contribution in [0.5, 0.6) is 0 Å². The van der Waals surface area contributed by atoms with E-state index in [-0.39, 0.29) is 30.6 Å². The molecule has 1 aromatic carbocycles. The molecule has 0 aliphatic carbocycles. The molecule has 11 heteroatoms. The molecule has 0 spiro atoms. The molecule has 33 heavy (non-hydrogen) atoms. The maximum atomic E-state index is 13.5. The molecule has 0 N–H and O–H groups in total. The fourth-order valence-corrected chi connectivity index (χ4v) is 4.78. The summed E-state index contributed by atoms with van der Waals surface area (Å²) >= 11 is 2.41. The maximum absolute atomic E-state index is 13.5. The Morgan fingerprint density at radius 2 is 1.97 bits per heavy atom. The second-order valence-corrected chi connectivity index (χ2v) is 8.93. The Labute approximate surface area is 197 Å². The van der Waals surface area contributed by atoms with E-state index in [0.29, 0.717) is 26.3 Å². The molecule has 0 atom stereocenters. The second-order valence-electron chi connectivity index (χ2n) is 7.09. The van der Waals surface area contributed by atoms with E-state index in [4.69, 9.17) is 4.74 Å². The standard InChI is InChI=1S/C22H20FN5O3S2/c1-4-31-21(30)18-13(2)25-22(33-18)28(10-14-5-7-16(23)8-6-14)20(29)17-12-32-19(26-17)15-9-24-27(3)11-15/h5-9,11-12H,4,10H2,1-3H3. The molecule has 3 aromatic heterocycles. The quantitative estimate of drug-likeness (QED) is 0.359. The van der Waals surface area contributed by atoms with Gasteiger partial charge in [0.05, 0.1) is 25.0 Å². The number of carbonyl (C=O) groups is 2. The third-order valence-corrected chi connectivity index (χ3v) is 6.70. The van der Waals surface area contributed by atoms with Crippen LogP contribution in [0.1, 0.15) is 38.3 Å². The molecule has 0 unspecified atom stereocenters. The van der Waals surface area contributed by atoms with Gasteiger partial charge in [0.25, 0.3) is 5.91 Å². The van der Waals surface area contributed by atoms with Crippen molar-refractivity contribution in [2.45, 2.75) is 20.4 Å². The third-order valence-electron chi connectivity index (χ3n) is 4.65. The first-order valence-electron chi connectivity index (χ1n) is 10.0. The van der Waals surface area contributed by atoms with Crippen molar-refractivity contribution in [3.05, 3.63) is 69.7 Å². The Bertz CT molecular complexity index is 1300. The molecule has 0 aliphatic heterocycles. The number of ether oxygens (including phenoxy) is 1. The molecule has 8 nitrogen and oxygen atoms in total. The summed E-state index contributed by atoms with van der Waals surface area (Å²) in [7, 11) is 1.81. The number of carbonyl (C=O) groups excluding carboxylic acids is 2. The highest BCUT2D eigenvalue weighted by Crippen LogP contribution is 2.31. The predicted octanol–water partition coefficient (Wildman–Crippen LogP) is 4.47. The van der Waals surface area contributed by atoms with E-state index in [9.17, 15) is 14.0 Å². The van der Waals surface area contributed by atoms with Gasteiger partial charge in [0.1, 0.15) is 21.4 Å². The van der Waals surface area contributed by atoms with E-state index < -0.39 is 5.97 Å². The molecule has 0 radical (unpaired) electrons. The average Bonchev–Trinajstić information content (AvgIpc) is 3.52. The first-order chi connectivity index (χ1) is 15.9. The summed E-state index contributed by atoms with van der Waals surface area (Å²) in [5, 5.41) is 6.81. The Hall–Kier alpha value is -3.44. The lowest BCUT2D eigenvalue weighted by Crippen LogP contribution is -2.30. The number of aryl methyl sites for hydroxylation is 2. The lowest BCUT2D eigenvalue weighted by molar-refractivity contribution is 0.0531. The molecule has 1 amide bonds. The van der Waals surface area contributed by atoms with Crippen molar-refractivity contribution >= 4 is 39.7 Å². The van der Waals surface area contributed by atoms with Gasteiger partial charge >= 0.3 is 5.97 Å². The van der Waals surface area contributed by atoms with Gasteiger partial charge in [0, 0.05) is 24.2 Å². The number of thiazole rings is 2. The number of rotatable bonds is 7. The SMILES string of the molecule is CCOC(=O)c1sc(N(Cc2ccc(F)cc2)C(=O)c2csc(-c3cnn(C)c3)n2)nc1C. The summed E-state index contributed by atoms with van der Waals surface area (Å²) in [6.07, 6.45) is 3.50. The average molecular weight is 486 g/mol. The topological polar surface area (TPSA) is 90.2 Å². The van der Waals surface area contributed by atoms with E-state index >= 15 is 0 Å². The van der Waals surface area contributed by atoms with Gasteiger partial charge in [-0.1, -0.05) is 23.5 Å². The van der Waals surface area contributed by atoms with Gasteiger partial charge in [-0.3, -0.25) is 14.4 Å². The van der Waals surface area contributed by atoms with Crippen molar-refractivity contribution in [3.63, 3.8) is 0 Å². The summed E-state index contributed by atoms with van der Waals surface area (Å²) < 4.78 is 20.2. The van der Waals surface area contributed by atoms with Crippen LogP contribution in [-0.2, 0) is 18.3 Å². The third kappa shape index (κ3) is 4.99. The van der Waals surface area contributed by atoms with Gasteiger partial charge in [0.2, 0.25) is 0 Å². The molecule has 0 fully saturated rings. The van der Waals surface area contributed by atoms with Gasteiger partial charge in [-0.05, 0) is 31.5 Å². The first kappa shape index (κ1) is 22.7. The van der Waals surface area contributed by atoms with Crippen molar-refractivity contribution in [2.75, 3.05) is 11.5 Å². The van der Waals surface area contributed by atoms with Crippen molar-refractivity contribution in [3.8, 4) is 10.6 Å². The summed E-state index contributed by atoms with van der Waals surface area (Å²) in [6.45, 7) is 3.78. The minimum Gasteiger partial charge on any atom is -0.462 e. The number of esters is 1. The normalized spacial score (nSPS) is 10.9. The highest BCUT2D eigenvalue weighted by molar-refractivity contribution is 7.17. The van der Waals surface area contributed by atoms with Gasteiger partial charge in [-0.2, -0.15) is 5.10 Å². The van der Waals surface area contributed by atoms with Crippen LogP contribution < -0.4 is 4.90 Å². The lowest BCUT2D eigenvalue weighted by atomic mass is 10.2. The molecule has 0 saturated carbocycles. The van der Waals surface area contributed by atoms with Crippen LogP contribution >= 0.6 is 22.7 Å². The zero-order valence-corrected chi connectivity index (χ0v) is 19.7. The summed E-state index contributed by atoms with van der Waals surface area (Å²) in [6, 6.07) is 5.87. The number of nitrogens with zero attached hydrogens (tertiary/aromatic N) is 5. The molecule has 170 valence electrons. The van der Waals surface area contributed by atoms with Crippen LogP contribution in [0.3, 0.4) is 0 Å². The molecule has 4 rings (SSSR count). The van der Waals surface area contributed by atoms with Crippen LogP contribution in [0.25, 0.3) is 10.6 Å². The molecule has 0 bridgehead atoms. The lowest BCUT2D eigenvalue weighted by Gasteiger charge is -2.19. The molecule has 4 aromatic rings. The van der Waals surface area contributed by atoms with Gasteiger partial charge < -0.3 is 4.74 Å². The Balaban J connectivity index is 1.69. The summed E-state index contributed by atoms with van der Waals surface area (Å²) in [5.41, 5.74) is 2.23. The Morgan fingerprint density at radius 3 is 2.64 bits per heavy atom. The van der Waals surface area contributed by atoms with Gasteiger partial charge in [-0.25, -0.2) is 19.2 Å². The molecular formula is C22H20FN5O3S2. The molecular weight excluding hydrogens is 465 g/mol. The summed E-state index contributed by atoms with van der Waals surface area (Å²) in [5.74, 6) is -1.23. The van der Waals surface area contributed by atoms with Crippen LogP contribution in [-0.4, -0.2) is 38.2 Å². The van der Waals surface area contributed by atoms with Crippen molar-refractivity contribution in [1.82, 2.24) is 19.7 Å². The van der Waals surface area contributed by atoms with Crippen LogP contribution in [0.15, 0.2) is 42.0 Å². The van der Waals surface area contributed by atoms with E-state index in [1.54, 1.807) is 49.3 Å². The van der Waals surface area contributed by atoms with E-state index in [1.165, 1.54) is 28.4 Å². The van der Waals surface area contributed by atoms with Crippen LogP contribution in [0, 0.1) is 12.7 Å². The zero-order valence-electron chi connectivity index (χ0n) is 18.1. The fraction of sp³-hybridized carbons (Fsp3) is 0.227. The minimum atomic E-state index is -0.486. The number of benzene rings is 1. The van der Waals surface area contributed by atoms with Crippen molar-refractivity contribution in [1.29, 1.82) is 0 Å². The number of anilines is 1. The van der Waals surface area contributed by atoms with Gasteiger partial charge in [0.15, 0.2) is 5.13 Å². The number of aromatic nitrogens is 4. The highest BCUT2D eigenvalue weighted by atomic mass is 32.1. The van der Waals surface area contributed by atoms with E-state index in [2.05, 4.69) is 15.1 Å². The molecule has 0 saturated heterocycles. The zero-order chi connectivity index (χ0) is 23.5. The Kier molecular flexibility index (Phi) is 6.61. The largest absolute Gasteiger partial charge is 0.462 e. The van der Waals surface area contributed by atoms with Crippen molar-refractivity contribution in [2.24, 2.45) is 7.05 Å². The highest BCUT2D eigenvalue weighted by Gasteiger charge is 2.27. The number of halogens is 1. The number of amides is 1. The van der Waals surface area contributed by atoms with Crippen molar-refractivity contribution < 1.29 is 18.7 Å². The van der Waals surface area contributed by atoms with Gasteiger partial charge in [-0.15, -0.1) is 11.3 Å². The molecule has 3 heterocycles. The van der Waals surface area contributed by atoms with E-state index in [0.717, 1.165) is 16.9 Å². The monoisotopic (exact) mass is 485 g/mol. The second kappa shape index (κ2) is 9.59. The molecule has 0 aliphatic rings. The first-order valence-corrected chi connectivity index (χ1v) is 11.7. The summed E-state index contributed by atoms with van der Waals surface area (Å²) in [4.78, 5) is 36.5. The smallest absolute Gasteiger partial charge is 0.350 e. The maximum Gasteiger partial charge on any atom is 0.350 e. The van der Waals surface area contributed by atoms with E-state index in [1.807, 2.05) is 6.20 Å². The van der Waals surface area contributed by atoms with Crippen LogP contribution in [0.2, 0.25) is 0 Å². The fourth-order valence-electron chi connectivity index (χ4n) is 3.06. The minimum absolute atomic E-state index is 0.133.